The number of Topliss-reactive ketones (excluding diaryl/α,β-unsaturated/α-hetero) is 1. The third kappa shape index (κ3) is 15.6. The number of alkyl carbamates (subject to hydrolysis) is 1. The summed E-state index contributed by atoms with van der Waals surface area (Å²) in [7, 11) is 0. The van der Waals surface area contributed by atoms with Crippen molar-refractivity contribution in [2.24, 2.45) is 11.8 Å². The van der Waals surface area contributed by atoms with Crippen LogP contribution in [-0.2, 0) is 51.4 Å². The molecule has 1 saturated heterocycles. The van der Waals surface area contributed by atoms with Crippen LogP contribution in [0.3, 0.4) is 0 Å². The number of carbonyl (C=O) groups is 9. The Morgan fingerprint density at radius 2 is 1.46 bits per heavy atom. The van der Waals surface area contributed by atoms with Gasteiger partial charge in [-0.1, -0.05) is 36.8 Å². The SMILES string of the molecule is O=C(CCCCCN1C(=O)CC(SCCOC(=O)Nc2ccccc2NC(=O)c2ccc(CNC(=O)OCc3cccnc3)cc2)C1=O)CCC1CCC(C(=O)NCCN2C(=O)C=CC2=O)CC1. The molecule has 0 spiro atoms. The zero-order chi connectivity index (χ0) is 48.3. The molecule has 1 aliphatic carbocycles. The van der Waals surface area contributed by atoms with Crippen molar-refractivity contribution in [3.8, 4) is 0 Å². The average Bonchev–Trinajstić information content (AvgIpc) is 3.81. The molecular weight excluding hydrogens is 895 g/mol. The number of para-hydroxylation sites is 2. The highest BCUT2D eigenvalue weighted by molar-refractivity contribution is 8.00. The minimum atomic E-state index is -0.758. The van der Waals surface area contributed by atoms with Crippen molar-refractivity contribution in [1.29, 1.82) is 0 Å². The summed E-state index contributed by atoms with van der Waals surface area (Å²) >= 11 is 1.25. The standard InChI is InChI=1S/C49H57N7O11S/c57-38(20-15-33-11-16-36(17-12-33)45(61)51-24-26-55-42(58)21-22-43(55)59)8-2-1-5-25-56-44(60)29-41(47(56)63)68-28-27-66-49(65)54-40-10-4-3-9-39(40)53-46(62)37-18-13-34(14-19-37)31-52-48(64)67-32-35-7-6-23-50-30-35/h3-4,6-7,9-10,13-14,18-19,21-23,30,33,36,41H,1-2,5,8,11-12,15-17,20,24-29,31-32H2,(H,51,61)(H,52,64)(H,53,62)(H,54,65). The number of hydrogen-bond acceptors (Lipinski definition) is 13. The fourth-order valence-corrected chi connectivity index (χ4v) is 9.07. The molecule has 1 aromatic heterocycles. The molecule has 360 valence electrons. The maximum atomic E-state index is 13.1. The number of thioether (sulfide) groups is 1. The zero-order valence-electron chi connectivity index (χ0n) is 37.8. The number of ketones is 1. The van der Waals surface area contributed by atoms with Crippen molar-refractivity contribution in [3.05, 3.63) is 102 Å². The summed E-state index contributed by atoms with van der Waals surface area (Å²) in [5.41, 5.74) is 2.51. The Morgan fingerprint density at radius 3 is 2.18 bits per heavy atom. The monoisotopic (exact) mass is 951 g/mol. The minimum Gasteiger partial charge on any atom is -0.448 e. The lowest BCUT2D eigenvalue weighted by atomic mass is 9.79. The summed E-state index contributed by atoms with van der Waals surface area (Å²) in [5.74, 6) is -0.996. The van der Waals surface area contributed by atoms with Gasteiger partial charge >= 0.3 is 12.2 Å². The smallest absolute Gasteiger partial charge is 0.411 e. The fraction of sp³-hybridized carbons (Fsp3) is 0.429. The second-order valence-electron chi connectivity index (χ2n) is 16.8. The molecule has 19 heteroatoms. The summed E-state index contributed by atoms with van der Waals surface area (Å²) in [6.45, 7) is 0.914. The van der Waals surface area contributed by atoms with Crippen LogP contribution in [0.15, 0.2) is 85.2 Å². The molecule has 2 aromatic carbocycles. The van der Waals surface area contributed by atoms with E-state index in [1.54, 1.807) is 73.1 Å². The maximum Gasteiger partial charge on any atom is 0.411 e. The van der Waals surface area contributed by atoms with E-state index in [-0.39, 0.29) is 92.8 Å². The van der Waals surface area contributed by atoms with Gasteiger partial charge in [0.2, 0.25) is 17.7 Å². The second-order valence-corrected chi connectivity index (χ2v) is 18.1. The Hall–Kier alpha value is -6.89. The van der Waals surface area contributed by atoms with Crippen LogP contribution in [0.4, 0.5) is 21.0 Å². The summed E-state index contributed by atoms with van der Waals surface area (Å²) in [6, 6.07) is 16.8. The van der Waals surface area contributed by atoms with Crippen LogP contribution in [0.1, 0.15) is 92.1 Å². The Kier molecular flexibility index (Phi) is 19.2. The van der Waals surface area contributed by atoms with Crippen LogP contribution in [0, 0.1) is 11.8 Å². The molecule has 1 atom stereocenters. The Labute approximate surface area is 398 Å². The molecule has 1 saturated carbocycles. The normalized spacial score (nSPS) is 17.8. The number of likely N-dealkylation sites (tertiary alicyclic amines) is 1. The van der Waals surface area contributed by atoms with Crippen LogP contribution < -0.4 is 21.3 Å². The van der Waals surface area contributed by atoms with Crippen molar-refractivity contribution in [1.82, 2.24) is 25.4 Å². The number of nitrogens with zero attached hydrogens (tertiary/aromatic N) is 3. The molecule has 3 heterocycles. The molecule has 4 N–H and O–H groups in total. The summed E-state index contributed by atoms with van der Waals surface area (Å²) in [4.78, 5) is 118. The predicted molar refractivity (Wildman–Crippen MR) is 252 cm³/mol. The van der Waals surface area contributed by atoms with E-state index in [1.165, 1.54) is 28.8 Å². The first-order valence-electron chi connectivity index (χ1n) is 22.9. The van der Waals surface area contributed by atoms with Crippen LogP contribution in [0.5, 0.6) is 0 Å². The quantitative estimate of drug-likeness (QED) is 0.0603. The lowest BCUT2D eigenvalue weighted by Crippen LogP contribution is -2.40. The number of benzene rings is 2. The van der Waals surface area contributed by atoms with Crippen LogP contribution >= 0.6 is 11.8 Å². The minimum absolute atomic E-state index is 0.0218. The molecule has 2 aliphatic heterocycles. The van der Waals surface area contributed by atoms with Crippen LogP contribution in [0.25, 0.3) is 0 Å². The van der Waals surface area contributed by atoms with E-state index in [1.807, 2.05) is 0 Å². The van der Waals surface area contributed by atoms with Gasteiger partial charge in [-0.25, -0.2) is 9.59 Å². The van der Waals surface area contributed by atoms with Gasteiger partial charge in [-0.3, -0.25) is 53.7 Å². The number of ether oxygens (including phenoxy) is 2. The number of hydrogen-bond donors (Lipinski definition) is 4. The predicted octanol–water partition coefficient (Wildman–Crippen LogP) is 5.93. The topological polar surface area (TPSA) is 240 Å². The van der Waals surface area contributed by atoms with Crippen LogP contribution in [-0.4, -0.2) is 105 Å². The van der Waals surface area contributed by atoms with E-state index >= 15 is 0 Å². The number of nitrogens with one attached hydrogen (secondary N) is 4. The fourth-order valence-electron chi connectivity index (χ4n) is 8.07. The van der Waals surface area contributed by atoms with E-state index in [0.717, 1.165) is 48.1 Å². The largest absolute Gasteiger partial charge is 0.448 e. The van der Waals surface area contributed by atoms with Gasteiger partial charge in [0.05, 0.1) is 16.6 Å². The van der Waals surface area contributed by atoms with Gasteiger partial charge in [0.25, 0.3) is 17.7 Å². The third-order valence-electron chi connectivity index (χ3n) is 11.9. The Balaban J connectivity index is 0.791. The summed E-state index contributed by atoms with van der Waals surface area (Å²) in [5, 5.41) is 10.4. The zero-order valence-corrected chi connectivity index (χ0v) is 38.6. The number of unbranched alkanes of at least 4 members (excludes halogenated alkanes) is 2. The molecule has 18 nitrogen and oxygen atoms in total. The van der Waals surface area contributed by atoms with Gasteiger partial charge in [-0.15, -0.1) is 11.8 Å². The summed E-state index contributed by atoms with van der Waals surface area (Å²) < 4.78 is 10.5. The van der Waals surface area contributed by atoms with Gasteiger partial charge in [-0.2, -0.15) is 0 Å². The molecule has 8 amide bonds. The number of aromatic nitrogens is 1. The van der Waals surface area contributed by atoms with Gasteiger partial charge in [-0.05, 0) is 86.8 Å². The van der Waals surface area contributed by atoms with Crippen molar-refractivity contribution in [3.63, 3.8) is 0 Å². The molecule has 6 rings (SSSR count). The molecular formula is C49H57N7O11S. The number of anilines is 2. The van der Waals surface area contributed by atoms with E-state index < -0.39 is 23.3 Å². The second kappa shape index (κ2) is 25.9. The first kappa shape index (κ1) is 50.5. The third-order valence-corrected chi connectivity index (χ3v) is 13.1. The number of rotatable bonds is 24. The molecule has 0 bridgehead atoms. The first-order chi connectivity index (χ1) is 32.9. The molecule has 2 fully saturated rings. The van der Waals surface area contributed by atoms with Crippen molar-refractivity contribution in [2.45, 2.75) is 89.0 Å². The van der Waals surface area contributed by atoms with Crippen molar-refractivity contribution in [2.75, 3.05) is 42.6 Å². The van der Waals surface area contributed by atoms with E-state index in [4.69, 9.17) is 9.47 Å². The van der Waals surface area contributed by atoms with Gasteiger partial charge in [0.1, 0.15) is 19.0 Å². The van der Waals surface area contributed by atoms with Gasteiger partial charge < -0.3 is 25.4 Å². The van der Waals surface area contributed by atoms with Crippen molar-refractivity contribution >= 4 is 76.5 Å². The number of carbonyl (C=O) groups excluding carboxylic acids is 9. The van der Waals surface area contributed by atoms with Gasteiger partial charge in [0, 0.05) is 92.8 Å². The van der Waals surface area contributed by atoms with E-state index in [9.17, 15) is 43.2 Å². The number of pyridine rings is 1. The molecule has 1 unspecified atom stereocenters. The number of amides is 8. The highest BCUT2D eigenvalue weighted by atomic mass is 32.2. The van der Waals surface area contributed by atoms with Gasteiger partial charge in [0.15, 0.2) is 0 Å². The van der Waals surface area contributed by atoms with E-state index in [2.05, 4.69) is 26.3 Å². The highest BCUT2D eigenvalue weighted by Crippen LogP contribution is 2.32. The molecule has 3 aliphatic rings. The Morgan fingerprint density at radius 1 is 0.721 bits per heavy atom. The lowest BCUT2D eigenvalue weighted by Gasteiger charge is -2.28. The highest BCUT2D eigenvalue weighted by Gasteiger charge is 2.38. The number of imide groups is 2. The maximum absolute atomic E-state index is 13.1. The van der Waals surface area contributed by atoms with Crippen LogP contribution in [0.2, 0.25) is 0 Å². The Bertz CT molecular complexity index is 2300. The molecule has 3 aromatic rings. The lowest BCUT2D eigenvalue weighted by molar-refractivity contribution is -0.139. The van der Waals surface area contributed by atoms with E-state index in [0.29, 0.717) is 55.0 Å². The molecule has 0 radical (unpaired) electrons. The first-order valence-corrected chi connectivity index (χ1v) is 24.0. The van der Waals surface area contributed by atoms with Crippen molar-refractivity contribution < 1.29 is 52.6 Å². The average molecular weight is 952 g/mol. The summed E-state index contributed by atoms with van der Waals surface area (Å²) in [6.07, 6.45) is 11.3. The molecule has 68 heavy (non-hydrogen) atoms.